The smallest absolute Gasteiger partial charge is 0.254 e. The quantitative estimate of drug-likeness (QED) is 0.504. The van der Waals surface area contributed by atoms with Crippen molar-refractivity contribution in [3.05, 3.63) is 64.2 Å². The van der Waals surface area contributed by atoms with Crippen LogP contribution in [-0.2, 0) is 17.9 Å². The van der Waals surface area contributed by atoms with E-state index in [1.165, 1.54) is 0 Å². The van der Waals surface area contributed by atoms with E-state index in [4.69, 9.17) is 0 Å². The maximum Gasteiger partial charge on any atom is 0.254 e. The van der Waals surface area contributed by atoms with E-state index < -0.39 is 29.0 Å². The fourth-order valence-corrected chi connectivity index (χ4v) is 2.91. The Balaban J connectivity index is 1.62. The maximum absolute atomic E-state index is 12.3. The van der Waals surface area contributed by atoms with Gasteiger partial charge in [-0.25, -0.2) is 15.8 Å². The number of amides is 1. The van der Waals surface area contributed by atoms with Gasteiger partial charge in [0.15, 0.2) is 6.04 Å². The molecule has 1 aliphatic heterocycles. The van der Waals surface area contributed by atoms with Crippen molar-refractivity contribution >= 4 is 5.91 Å². The predicted molar refractivity (Wildman–Crippen MR) is 89.9 cm³/mol. The Morgan fingerprint density at radius 1 is 1.36 bits per heavy atom. The molecule has 0 radical (unpaired) electrons. The van der Waals surface area contributed by atoms with E-state index in [9.17, 15) is 14.9 Å². The van der Waals surface area contributed by atoms with Crippen LogP contribution in [0.25, 0.3) is 0 Å². The summed E-state index contributed by atoms with van der Waals surface area (Å²) in [7, 11) is 0. The van der Waals surface area contributed by atoms with E-state index in [0.717, 1.165) is 5.56 Å². The van der Waals surface area contributed by atoms with Crippen molar-refractivity contribution in [2.45, 2.75) is 38.1 Å². The summed E-state index contributed by atoms with van der Waals surface area (Å²) in [6.45, 7) is 2.51. The van der Waals surface area contributed by atoms with Gasteiger partial charge in [0.1, 0.15) is 5.82 Å². The Hall–Kier alpha value is -2.78. The number of imidazole rings is 1. The number of nitro groups is 1. The number of hydrazine groups is 1. The monoisotopic (exact) mass is 344 g/mol. The molecule has 3 rings (SSSR count). The lowest BCUT2D eigenvalue weighted by atomic mass is 10.1. The second kappa shape index (κ2) is 7.41. The Labute approximate surface area is 144 Å². The summed E-state index contributed by atoms with van der Waals surface area (Å²) in [5.41, 5.74) is 6.56. The van der Waals surface area contributed by atoms with Gasteiger partial charge >= 0.3 is 0 Å². The highest BCUT2D eigenvalue weighted by atomic mass is 16.6. The van der Waals surface area contributed by atoms with Crippen LogP contribution >= 0.6 is 0 Å². The van der Waals surface area contributed by atoms with Crippen LogP contribution in [0.2, 0.25) is 0 Å². The molecule has 2 heterocycles. The second-order valence-electron chi connectivity index (χ2n) is 6.01. The van der Waals surface area contributed by atoms with E-state index in [2.05, 4.69) is 21.2 Å². The van der Waals surface area contributed by atoms with Gasteiger partial charge in [0, 0.05) is 23.9 Å². The average molecular weight is 344 g/mol. The summed E-state index contributed by atoms with van der Waals surface area (Å²) in [6.07, 6.45) is 3.51. The van der Waals surface area contributed by atoms with E-state index >= 15 is 0 Å². The van der Waals surface area contributed by atoms with Gasteiger partial charge in [0.05, 0.1) is 12.6 Å². The molecule has 1 saturated heterocycles. The minimum atomic E-state index is -1.01. The zero-order valence-electron chi connectivity index (χ0n) is 13.8. The van der Waals surface area contributed by atoms with Gasteiger partial charge in [-0.2, -0.15) is 0 Å². The van der Waals surface area contributed by atoms with Crippen LogP contribution in [0.15, 0.2) is 42.7 Å². The topological polar surface area (TPSA) is 114 Å². The summed E-state index contributed by atoms with van der Waals surface area (Å²) in [5.74, 6) is 0.265. The molecule has 1 fully saturated rings. The molecule has 132 valence electrons. The zero-order valence-corrected chi connectivity index (χ0v) is 13.8. The third kappa shape index (κ3) is 3.83. The summed E-state index contributed by atoms with van der Waals surface area (Å²) >= 11 is 0. The number of hydrogen-bond acceptors (Lipinski definition) is 6. The minimum absolute atomic E-state index is 0.204. The maximum atomic E-state index is 12.3. The average Bonchev–Trinajstić information content (AvgIpc) is 3.20. The normalized spacial score (nSPS) is 22.7. The van der Waals surface area contributed by atoms with Crippen molar-refractivity contribution in [1.29, 1.82) is 0 Å². The molecule has 3 unspecified atom stereocenters. The van der Waals surface area contributed by atoms with Crippen LogP contribution in [-0.4, -0.2) is 38.5 Å². The first-order valence-electron chi connectivity index (χ1n) is 8.02. The number of benzene rings is 1. The second-order valence-corrected chi connectivity index (χ2v) is 6.01. The van der Waals surface area contributed by atoms with E-state index in [-0.39, 0.29) is 6.54 Å². The van der Waals surface area contributed by atoms with E-state index in [1.54, 1.807) is 13.1 Å². The molecule has 3 N–H and O–H groups in total. The Bertz CT molecular complexity index is 747. The number of hydrogen-bond donors (Lipinski definition) is 3. The molecule has 1 aromatic carbocycles. The first-order chi connectivity index (χ1) is 12.1. The van der Waals surface area contributed by atoms with Gasteiger partial charge in [-0.1, -0.05) is 30.3 Å². The Morgan fingerprint density at radius 3 is 2.84 bits per heavy atom. The molecule has 1 aromatic heterocycles. The minimum Gasteiger partial charge on any atom is -0.347 e. The fourth-order valence-electron chi connectivity index (χ4n) is 2.91. The van der Waals surface area contributed by atoms with Gasteiger partial charge in [-0.05, 0) is 12.5 Å². The number of nitrogens with one attached hydrogen (secondary N) is 3. The molecule has 0 aliphatic carbocycles. The SMILES string of the molecule is CC1NNC(C(=O)NCc2nccn2Cc2ccccc2)C1[N+](=O)[O-]. The van der Waals surface area contributed by atoms with Crippen LogP contribution < -0.4 is 16.2 Å². The highest BCUT2D eigenvalue weighted by molar-refractivity contribution is 5.82. The first kappa shape index (κ1) is 17.1. The van der Waals surface area contributed by atoms with Gasteiger partial charge in [0.25, 0.3) is 6.04 Å². The molecule has 0 spiro atoms. The van der Waals surface area contributed by atoms with Crippen molar-refractivity contribution in [3.8, 4) is 0 Å². The fraction of sp³-hybridized carbons (Fsp3) is 0.375. The van der Waals surface area contributed by atoms with Crippen LogP contribution in [0.3, 0.4) is 0 Å². The number of aromatic nitrogens is 2. The lowest BCUT2D eigenvalue weighted by Gasteiger charge is -2.14. The van der Waals surface area contributed by atoms with Gasteiger partial charge in [-0.15, -0.1) is 0 Å². The zero-order chi connectivity index (χ0) is 17.8. The Morgan fingerprint density at radius 2 is 2.12 bits per heavy atom. The molecule has 1 aliphatic rings. The molecule has 0 bridgehead atoms. The third-order valence-electron chi connectivity index (χ3n) is 4.26. The lowest BCUT2D eigenvalue weighted by molar-refractivity contribution is -0.523. The summed E-state index contributed by atoms with van der Waals surface area (Å²) in [6, 6.07) is 7.56. The molecular formula is C16H20N6O3. The largest absolute Gasteiger partial charge is 0.347 e. The van der Waals surface area contributed by atoms with Crippen LogP contribution in [0.5, 0.6) is 0 Å². The molecule has 25 heavy (non-hydrogen) atoms. The van der Waals surface area contributed by atoms with Crippen molar-refractivity contribution in [3.63, 3.8) is 0 Å². The molecule has 3 atom stereocenters. The number of carbonyl (C=O) groups excluding carboxylic acids is 1. The van der Waals surface area contributed by atoms with E-state index in [1.807, 2.05) is 41.1 Å². The third-order valence-corrected chi connectivity index (χ3v) is 4.26. The molecular weight excluding hydrogens is 324 g/mol. The summed E-state index contributed by atoms with van der Waals surface area (Å²) in [5, 5.41) is 13.9. The van der Waals surface area contributed by atoms with Crippen molar-refractivity contribution < 1.29 is 9.72 Å². The first-order valence-corrected chi connectivity index (χ1v) is 8.02. The van der Waals surface area contributed by atoms with Crippen molar-refractivity contribution in [1.82, 2.24) is 25.7 Å². The summed E-state index contributed by atoms with van der Waals surface area (Å²) in [4.78, 5) is 27.3. The van der Waals surface area contributed by atoms with E-state index in [0.29, 0.717) is 12.4 Å². The van der Waals surface area contributed by atoms with Crippen molar-refractivity contribution in [2.24, 2.45) is 0 Å². The highest BCUT2D eigenvalue weighted by Gasteiger charge is 2.46. The van der Waals surface area contributed by atoms with Crippen LogP contribution in [0, 0.1) is 10.1 Å². The number of rotatable bonds is 6. The van der Waals surface area contributed by atoms with Crippen molar-refractivity contribution in [2.75, 3.05) is 0 Å². The molecule has 9 heteroatoms. The highest BCUT2D eigenvalue weighted by Crippen LogP contribution is 2.11. The predicted octanol–water partition coefficient (Wildman–Crippen LogP) is 0.0578. The van der Waals surface area contributed by atoms with Gasteiger partial charge in [0.2, 0.25) is 5.91 Å². The summed E-state index contributed by atoms with van der Waals surface area (Å²) < 4.78 is 1.93. The molecule has 9 nitrogen and oxygen atoms in total. The molecule has 0 saturated carbocycles. The lowest BCUT2D eigenvalue weighted by Crippen LogP contribution is -2.50. The number of carbonyl (C=O) groups is 1. The van der Waals surface area contributed by atoms with Gasteiger partial charge < -0.3 is 9.88 Å². The van der Waals surface area contributed by atoms with Crippen LogP contribution in [0.1, 0.15) is 18.3 Å². The molecule has 1 amide bonds. The van der Waals surface area contributed by atoms with Crippen LogP contribution in [0.4, 0.5) is 0 Å². The number of nitrogens with zero attached hydrogens (tertiary/aromatic N) is 3. The Kier molecular flexibility index (Phi) is 5.05. The van der Waals surface area contributed by atoms with Gasteiger partial charge in [-0.3, -0.25) is 14.9 Å². The molecule has 2 aromatic rings. The standard InChI is InChI=1S/C16H20N6O3/c1-11-15(22(24)25)14(20-19-11)16(23)18-9-13-17-7-8-21(13)10-12-5-3-2-4-6-12/h2-8,11,14-15,19-20H,9-10H2,1H3,(H,18,23).